The SMILES string of the molecule is [CH2]C(Br)CCC(Br)[CH]Br. The van der Waals surface area contributed by atoms with Crippen molar-refractivity contribution in [3.63, 3.8) is 0 Å². The molecule has 2 unspecified atom stereocenters. The third-order valence-corrected chi connectivity index (χ3v) is 3.42. The molecular weight excluding hydrogens is 312 g/mol. The summed E-state index contributed by atoms with van der Waals surface area (Å²) in [5.41, 5.74) is 0. The lowest BCUT2D eigenvalue weighted by Crippen LogP contribution is -1.98. The van der Waals surface area contributed by atoms with Crippen molar-refractivity contribution in [2.24, 2.45) is 0 Å². The summed E-state index contributed by atoms with van der Waals surface area (Å²) < 4.78 is 0. The van der Waals surface area contributed by atoms with Crippen molar-refractivity contribution < 1.29 is 0 Å². The number of hydrogen-bond acceptors (Lipinski definition) is 0. The van der Waals surface area contributed by atoms with E-state index in [1.54, 1.807) is 0 Å². The number of rotatable bonds is 4. The van der Waals surface area contributed by atoms with Crippen LogP contribution in [0.3, 0.4) is 0 Å². The van der Waals surface area contributed by atoms with Gasteiger partial charge in [-0.05, 0) is 19.8 Å². The van der Waals surface area contributed by atoms with Crippen LogP contribution in [-0.2, 0) is 0 Å². The molecule has 0 saturated carbocycles. The third-order valence-electron chi connectivity index (χ3n) is 0.892. The Labute approximate surface area is 82.2 Å². The van der Waals surface area contributed by atoms with Crippen molar-refractivity contribution >= 4 is 47.8 Å². The molecule has 0 aromatic rings. The molecule has 0 nitrogen and oxygen atoms in total. The van der Waals surface area contributed by atoms with Crippen LogP contribution in [0.1, 0.15) is 12.8 Å². The van der Waals surface area contributed by atoms with Crippen LogP contribution in [0.25, 0.3) is 0 Å². The molecule has 0 heterocycles. The molecule has 0 amide bonds. The topological polar surface area (TPSA) is 0 Å². The van der Waals surface area contributed by atoms with Crippen molar-refractivity contribution in [3.8, 4) is 0 Å². The maximum absolute atomic E-state index is 3.81. The van der Waals surface area contributed by atoms with Crippen molar-refractivity contribution in [1.29, 1.82) is 0 Å². The fourth-order valence-corrected chi connectivity index (χ4v) is 1.20. The average molecular weight is 321 g/mol. The Kier molecular flexibility index (Phi) is 7.16. The van der Waals surface area contributed by atoms with Gasteiger partial charge in [0.05, 0.1) is 0 Å². The molecule has 0 fully saturated rings. The van der Waals surface area contributed by atoms with E-state index in [1.165, 1.54) is 0 Å². The van der Waals surface area contributed by atoms with E-state index in [0.29, 0.717) is 9.65 Å². The van der Waals surface area contributed by atoms with Gasteiger partial charge in [-0.15, -0.1) is 0 Å². The van der Waals surface area contributed by atoms with Crippen molar-refractivity contribution in [3.05, 3.63) is 12.3 Å². The summed E-state index contributed by atoms with van der Waals surface area (Å²) in [6, 6.07) is 0. The first kappa shape index (κ1) is 10.4. The first-order chi connectivity index (χ1) is 4.16. The molecule has 0 rings (SSSR count). The highest BCUT2D eigenvalue weighted by Crippen LogP contribution is 2.17. The minimum Gasteiger partial charge on any atom is -0.0891 e. The summed E-state index contributed by atoms with van der Waals surface area (Å²) in [7, 11) is 0. The first-order valence-electron chi connectivity index (χ1n) is 2.71. The Morgan fingerprint density at radius 2 is 1.89 bits per heavy atom. The second-order valence-corrected chi connectivity index (χ2v) is 4.82. The van der Waals surface area contributed by atoms with Crippen LogP contribution in [0.4, 0.5) is 0 Å². The van der Waals surface area contributed by atoms with Gasteiger partial charge in [0.25, 0.3) is 0 Å². The van der Waals surface area contributed by atoms with Crippen LogP contribution in [-0.4, -0.2) is 9.65 Å². The highest BCUT2D eigenvalue weighted by molar-refractivity contribution is 9.13. The molecular formula is C6H9Br3. The Morgan fingerprint density at radius 1 is 1.33 bits per heavy atom. The van der Waals surface area contributed by atoms with E-state index in [1.807, 2.05) is 5.33 Å². The molecule has 0 aliphatic rings. The molecule has 0 bridgehead atoms. The van der Waals surface area contributed by atoms with Gasteiger partial charge in [0, 0.05) is 15.0 Å². The molecule has 0 aromatic carbocycles. The van der Waals surface area contributed by atoms with Gasteiger partial charge in [-0.2, -0.15) is 0 Å². The Balaban J connectivity index is 3.06. The Morgan fingerprint density at radius 3 is 2.22 bits per heavy atom. The predicted molar refractivity (Wildman–Crippen MR) is 53.2 cm³/mol. The van der Waals surface area contributed by atoms with Gasteiger partial charge in [-0.1, -0.05) is 47.8 Å². The first-order valence-corrected chi connectivity index (χ1v) is 5.46. The molecule has 0 aliphatic heterocycles. The predicted octanol–water partition coefficient (Wildman–Crippen LogP) is 3.68. The third kappa shape index (κ3) is 7.34. The van der Waals surface area contributed by atoms with Crippen molar-refractivity contribution in [1.82, 2.24) is 0 Å². The Hall–Kier alpha value is 1.44. The van der Waals surface area contributed by atoms with Crippen LogP contribution >= 0.6 is 47.8 Å². The molecule has 0 aromatic heterocycles. The summed E-state index contributed by atoms with van der Waals surface area (Å²) in [4.78, 5) is 0.851. The van der Waals surface area contributed by atoms with Gasteiger partial charge in [-0.3, -0.25) is 0 Å². The lowest BCUT2D eigenvalue weighted by atomic mass is 10.2. The highest BCUT2D eigenvalue weighted by Gasteiger charge is 2.03. The van der Waals surface area contributed by atoms with Gasteiger partial charge >= 0.3 is 0 Å². The van der Waals surface area contributed by atoms with Crippen LogP contribution < -0.4 is 0 Å². The Bertz CT molecular complexity index is 63.3. The number of alkyl halides is 2. The fraction of sp³-hybridized carbons (Fsp3) is 0.667. The molecule has 0 aliphatic carbocycles. The molecule has 54 valence electrons. The molecule has 0 saturated heterocycles. The van der Waals surface area contributed by atoms with E-state index < -0.39 is 0 Å². The monoisotopic (exact) mass is 318 g/mol. The lowest BCUT2D eigenvalue weighted by molar-refractivity contribution is 0.790. The summed E-state index contributed by atoms with van der Waals surface area (Å²) in [5.74, 6) is 0. The summed E-state index contributed by atoms with van der Waals surface area (Å²) in [5, 5.41) is 1.96. The van der Waals surface area contributed by atoms with Gasteiger partial charge in [-0.25, -0.2) is 0 Å². The van der Waals surface area contributed by atoms with Gasteiger partial charge in [0.2, 0.25) is 0 Å². The zero-order valence-corrected chi connectivity index (χ0v) is 9.75. The van der Waals surface area contributed by atoms with E-state index in [0.717, 1.165) is 12.8 Å². The molecule has 3 heteroatoms. The largest absolute Gasteiger partial charge is 0.0891 e. The van der Waals surface area contributed by atoms with Crippen LogP contribution in [0.2, 0.25) is 0 Å². The standard InChI is InChI=1S/C6H9Br3/c1-5(8)2-3-6(9)4-7/h4-6H,1-3H2. The summed E-state index contributed by atoms with van der Waals surface area (Å²) >= 11 is 10.1. The summed E-state index contributed by atoms with van der Waals surface area (Å²) in [6.07, 6.45) is 2.21. The van der Waals surface area contributed by atoms with E-state index in [2.05, 4.69) is 54.7 Å². The van der Waals surface area contributed by atoms with E-state index >= 15 is 0 Å². The zero-order valence-electron chi connectivity index (χ0n) is 4.99. The quantitative estimate of drug-likeness (QED) is 0.693. The zero-order chi connectivity index (χ0) is 7.28. The van der Waals surface area contributed by atoms with Gasteiger partial charge in [0.1, 0.15) is 0 Å². The van der Waals surface area contributed by atoms with Crippen LogP contribution in [0.5, 0.6) is 0 Å². The lowest BCUT2D eigenvalue weighted by Gasteiger charge is -2.05. The molecule has 0 N–H and O–H groups in total. The molecule has 9 heavy (non-hydrogen) atoms. The second kappa shape index (κ2) is 6.17. The maximum atomic E-state index is 3.81. The highest BCUT2D eigenvalue weighted by atomic mass is 79.9. The van der Waals surface area contributed by atoms with E-state index in [9.17, 15) is 0 Å². The van der Waals surface area contributed by atoms with E-state index in [-0.39, 0.29) is 0 Å². The molecule has 0 spiro atoms. The fourth-order valence-electron chi connectivity index (χ4n) is 0.403. The van der Waals surface area contributed by atoms with Crippen molar-refractivity contribution in [2.45, 2.75) is 22.5 Å². The maximum Gasteiger partial charge on any atom is 0.0407 e. The number of halogens is 3. The minimum atomic E-state index is 0.380. The van der Waals surface area contributed by atoms with Gasteiger partial charge in [0.15, 0.2) is 0 Å². The van der Waals surface area contributed by atoms with Gasteiger partial charge < -0.3 is 0 Å². The van der Waals surface area contributed by atoms with Crippen LogP contribution in [0.15, 0.2) is 0 Å². The summed E-state index contributed by atoms with van der Waals surface area (Å²) in [6.45, 7) is 3.81. The minimum absolute atomic E-state index is 0.380. The van der Waals surface area contributed by atoms with Crippen LogP contribution in [0, 0.1) is 12.3 Å². The average Bonchev–Trinajstić information content (AvgIpc) is 1.83. The number of hydrogen-bond donors (Lipinski definition) is 0. The molecule has 2 radical (unpaired) electrons. The normalized spacial score (nSPS) is 17.3. The smallest absolute Gasteiger partial charge is 0.0407 e. The van der Waals surface area contributed by atoms with Crippen molar-refractivity contribution in [2.75, 3.05) is 0 Å². The second-order valence-electron chi connectivity index (χ2n) is 1.82. The van der Waals surface area contributed by atoms with E-state index in [4.69, 9.17) is 0 Å². The molecule has 2 atom stereocenters.